The number of anilines is 1. The lowest BCUT2D eigenvalue weighted by atomic mass is 10.2. The number of aromatic nitrogens is 1. The molecule has 4 nitrogen and oxygen atoms in total. The van der Waals surface area contributed by atoms with Crippen molar-refractivity contribution < 1.29 is 9.18 Å². The minimum Gasteiger partial charge on any atom is -0.331 e. The smallest absolute Gasteiger partial charge is 0.272 e. The van der Waals surface area contributed by atoms with Gasteiger partial charge in [-0.2, -0.15) is 5.26 Å². The van der Waals surface area contributed by atoms with Gasteiger partial charge in [0, 0.05) is 12.2 Å². The van der Waals surface area contributed by atoms with Crippen LogP contribution in [0.5, 0.6) is 0 Å². The highest BCUT2D eigenvalue weighted by atomic mass is 32.1. The van der Waals surface area contributed by atoms with Crippen molar-refractivity contribution >= 4 is 33.1 Å². The van der Waals surface area contributed by atoms with Gasteiger partial charge in [0.2, 0.25) is 0 Å². The van der Waals surface area contributed by atoms with Gasteiger partial charge in [-0.25, -0.2) is 4.39 Å². The first-order valence-corrected chi connectivity index (χ1v) is 9.15. The van der Waals surface area contributed by atoms with Crippen molar-refractivity contribution in [2.24, 2.45) is 0 Å². The van der Waals surface area contributed by atoms with E-state index in [-0.39, 0.29) is 11.7 Å². The summed E-state index contributed by atoms with van der Waals surface area (Å²) in [7, 11) is 0. The Morgan fingerprint density at radius 3 is 2.70 bits per heavy atom. The van der Waals surface area contributed by atoms with Gasteiger partial charge in [-0.15, -0.1) is 11.3 Å². The van der Waals surface area contributed by atoms with Crippen LogP contribution in [0, 0.1) is 17.1 Å². The molecule has 1 amide bonds. The van der Waals surface area contributed by atoms with E-state index < -0.39 is 0 Å². The molecule has 4 rings (SSSR count). The summed E-state index contributed by atoms with van der Waals surface area (Å²) in [5.74, 6) is -0.552. The molecule has 0 bridgehead atoms. The number of rotatable bonds is 4. The monoisotopic (exact) mass is 375 g/mol. The minimum absolute atomic E-state index is 0.250. The zero-order chi connectivity index (χ0) is 18.8. The van der Waals surface area contributed by atoms with Gasteiger partial charge in [0.25, 0.3) is 5.91 Å². The predicted octanol–water partition coefficient (Wildman–Crippen LogP) is 5.01. The largest absolute Gasteiger partial charge is 0.331 e. The van der Waals surface area contributed by atoms with E-state index in [1.165, 1.54) is 12.1 Å². The predicted molar refractivity (Wildman–Crippen MR) is 104 cm³/mol. The van der Waals surface area contributed by atoms with E-state index in [0.29, 0.717) is 23.5 Å². The van der Waals surface area contributed by atoms with E-state index >= 15 is 0 Å². The maximum atomic E-state index is 13.5. The Hall–Kier alpha value is -3.43. The zero-order valence-electron chi connectivity index (χ0n) is 14.1. The van der Waals surface area contributed by atoms with Crippen LogP contribution in [0.2, 0.25) is 0 Å². The van der Waals surface area contributed by atoms with Crippen molar-refractivity contribution in [2.45, 2.75) is 6.54 Å². The van der Waals surface area contributed by atoms with Gasteiger partial charge in [-0.1, -0.05) is 12.1 Å². The highest BCUT2D eigenvalue weighted by molar-refractivity contribution is 7.17. The molecule has 0 spiro atoms. The molecule has 0 unspecified atom stereocenters. The number of nitrogens with one attached hydrogen (secondary N) is 1. The highest BCUT2D eigenvalue weighted by Gasteiger charge is 2.17. The molecular formula is C21H14FN3OS. The van der Waals surface area contributed by atoms with Crippen molar-refractivity contribution in [3.8, 4) is 6.07 Å². The Morgan fingerprint density at radius 2 is 1.96 bits per heavy atom. The van der Waals surface area contributed by atoms with Gasteiger partial charge in [0.15, 0.2) is 0 Å². The van der Waals surface area contributed by atoms with Gasteiger partial charge in [-0.05, 0) is 59.5 Å². The molecule has 0 fully saturated rings. The van der Waals surface area contributed by atoms with Crippen LogP contribution in [-0.2, 0) is 6.54 Å². The van der Waals surface area contributed by atoms with Crippen molar-refractivity contribution in [1.82, 2.24) is 4.57 Å². The maximum Gasteiger partial charge on any atom is 0.272 e. The number of nitriles is 1. The summed E-state index contributed by atoms with van der Waals surface area (Å²) in [4.78, 5) is 12.8. The number of hydrogen-bond donors (Lipinski definition) is 1. The number of benzene rings is 2. The fourth-order valence-electron chi connectivity index (χ4n) is 2.98. The molecule has 2 aromatic carbocycles. The Labute approximate surface area is 159 Å². The molecule has 4 aromatic rings. The first kappa shape index (κ1) is 17.0. The van der Waals surface area contributed by atoms with Crippen LogP contribution < -0.4 is 5.32 Å². The lowest BCUT2D eigenvalue weighted by Crippen LogP contribution is -2.17. The summed E-state index contributed by atoms with van der Waals surface area (Å²) < 4.78 is 16.4. The summed E-state index contributed by atoms with van der Waals surface area (Å²) in [6.45, 7) is 0.397. The third kappa shape index (κ3) is 3.46. The van der Waals surface area contributed by atoms with Crippen molar-refractivity contribution in [3.63, 3.8) is 0 Å². The quantitative estimate of drug-likeness (QED) is 0.545. The lowest BCUT2D eigenvalue weighted by Gasteiger charge is -2.11. The minimum atomic E-state index is -0.301. The molecular weight excluding hydrogens is 361 g/mol. The van der Waals surface area contributed by atoms with Crippen LogP contribution in [0.15, 0.2) is 66.0 Å². The number of fused-ring (bicyclic) bond motifs is 1. The molecule has 2 aromatic heterocycles. The highest BCUT2D eigenvalue weighted by Crippen LogP contribution is 2.27. The standard InChI is InChI=1S/C21H14FN3OS/c22-16-3-1-2-15(10-16)13-25-18-8-9-27-20(18)11-19(25)21(26)24-17-6-4-14(12-23)5-7-17/h1-11H,13H2,(H,24,26). The second kappa shape index (κ2) is 7.06. The van der Waals surface area contributed by atoms with Crippen LogP contribution in [0.3, 0.4) is 0 Å². The van der Waals surface area contributed by atoms with E-state index in [4.69, 9.17) is 5.26 Å². The van der Waals surface area contributed by atoms with Crippen molar-refractivity contribution in [1.29, 1.82) is 5.26 Å². The fourth-order valence-corrected chi connectivity index (χ4v) is 3.80. The summed E-state index contributed by atoms with van der Waals surface area (Å²) >= 11 is 1.55. The van der Waals surface area contributed by atoms with Crippen LogP contribution >= 0.6 is 11.3 Å². The van der Waals surface area contributed by atoms with Crippen molar-refractivity contribution in [2.75, 3.05) is 5.32 Å². The number of hydrogen-bond acceptors (Lipinski definition) is 3. The van der Waals surface area contributed by atoms with Gasteiger partial charge in [0.1, 0.15) is 11.5 Å². The van der Waals surface area contributed by atoms with E-state index in [1.54, 1.807) is 41.7 Å². The molecule has 6 heteroatoms. The zero-order valence-corrected chi connectivity index (χ0v) is 15.0. The Bertz CT molecular complexity index is 1170. The summed E-state index contributed by atoms with van der Waals surface area (Å²) in [6, 6.07) is 18.9. The van der Waals surface area contributed by atoms with Crippen LogP contribution in [0.4, 0.5) is 10.1 Å². The van der Waals surface area contributed by atoms with Gasteiger partial charge in [0.05, 0.1) is 21.8 Å². The molecule has 0 aliphatic carbocycles. The Balaban J connectivity index is 1.67. The number of amides is 1. The van der Waals surface area contributed by atoms with Crippen molar-refractivity contribution in [3.05, 3.63) is 88.7 Å². The molecule has 27 heavy (non-hydrogen) atoms. The van der Waals surface area contributed by atoms with E-state index in [9.17, 15) is 9.18 Å². The normalized spacial score (nSPS) is 10.7. The first-order valence-electron chi connectivity index (χ1n) is 8.27. The average molecular weight is 375 g/mol. The molecule has 0 atom stereocenters. The van der Waals surface area contributed by atoms with Gasteiger partial charge in [-0.3, -0.25) is 4.79 Å². The third-order valence-electron chi connectivity index (χ3n) is 4.26. The molecule has 132 valence electrons. The second-order valence-corrected chi connectivity index (χ2v) is 7.01. The molecule has 0 saturated carbocycles. The third-order valence-corrected chi connectivity index (χ3v) is 5.11. The first-order chi connectivity index (χ1) is 13.1. The topological polar surface area (TPSA) is 57.8 Å². The van der Waals surface area contributed by atoms with E-state index in [1.807, 2.05) is 34.2 Å². The maximum absolute atomic E-state index is 13.5. The molecule has 0 aliphatic rings. The SMILES string of the molecule is N#Cc1ccc(NC(=O)c2cc3sccc3n2Cc2cccc(F)c2)cc1. The molecule has 2 heterocycles. The van der Waals surface area contributed by atoms with Crippen LogP contribution in [0.25, 0.3) is 10.2 Å². The number of thiophene rings is 1. The summed E-state index contributed by atoms with van der Waals surface area (Å²) in [5, 5.41) is 13.7. The molecule has 0 saturated heterocycles. The van der Waals surface area contributed by atoms with E-state index in [0.717, 1.165) is 15.8 Å². The fraction of sp³-hybridized carbons (Fsp3) is 0.0476. The summed E-state index contributed by atoms with van der Waals surface area (Å²) in [6.07, 6.45) is 0. The summed E-state index contributed by atoms with van der Waals surface area (Å²) in [5.41, 5.74) is 3.37. The lowest BCUT2D eigenvalue weighted by molar-refractivity contribution is 0.101. The molecule has 1 N–H and O–H groups in total. The van der Waals surface area contributed by atoms with Gasteiger partial charge < -0.3 is 9.88 Å². The Morgan fingerprint density at radius 1 is 1.15 bits per heavy atom. The average Bonchev–Trinajstić information content (AvgIpc) is 3.25. The number of carbonyl (C=O) groups is 1. The van der Waals surface area contributed by atoms with Crippen LogP contribution in [0.1, 0.15) is 21.6 Å². The number of carbonyl (C=O) groups excluding carboxylic acids is 1. The molecule has 0 aliphatic heterocycles. The van der Waals surface area contributed by atoms with Gasteiger partial charge >= 0.3 is 0 Å². The second-order valence-electron chi connectivity index (χ2n) is 6.06. The Kier molecular flexibility index (Phi) is 4.45. The molecule has 0 radical (unpaired) electrons. The van der Waals surface area contributed by atoms with E-state index in [2.05, 4.69) is 5.32 Å². The number of halogens is 1. The van der Waals surface area contributed by atoms with Crippen LogP contribution in [-0.4, -0.2) is 10.5 Å². The number of nitrogens with zero attached hydrogens (tertiary/aromatic N) is 2.